The van der Waals surface area contributed by atoms with E-state index in [1.807, 2.05) is 25.8 Å². The Labute approximate surface area is 109 Å². The number of hydrogen-bond donors (Lipinski definition) is 1. The Bertz CT molecular complexity index is 397. The summed E-state index contributed by atoms with van der Waals surface area (Å²) in [5.74, 6) is 0.393. The van der Waals surface area contributed by atoms with E-state index in [-0.39, 0.29) is 11.9 Å². The van der Waals surface area contributed by atoms with Gasteiger partial charge >= 0.3 is 0 Å². The van der Waals surface area contributed by atoms with Gasteiger partial charge in [0.1, 0.15) is 6.04 Å². The van der Waals surface area contributed by atoms with Crippen molar-refractivity contribution in [2.45, 2.75) is 39.8 Å². The molecule has 5 heteroatoms. The van der Waals surface area contributed by atoms with E-state index in [1.54, 1.807) is 17.1 Å². The van der Waals surface area contributed by atoms with E-state index in [4.69, 9.17) is 5.73 Å². The third-order valence-electron chi connectivity index (χ3n) is 2.82. The monoisotopic (exact) mass is 252 g/mol. The molecule has 0 saturated heterocycles. The van der Waals surface area contributed by atoms with Gasteiger partial charge in [-0.1, -0.05) is 13.8 Å². The van der Waals surface area contributed by atoms with E-state index in [2.05, 4.69) is 18.9 Å². The number of hydrogen-bond acceptors (Lipinski definition) is 3. The van der Waals surface area contributed by atoms with Gasteiger partial charge in [-0.15, -0.1) is 0 Å². The first kappa shape index (κ1) is 14.7. The summed E-state index contributed by atoms with van der Waals surface area (Å²) in [5, 5.41) is 4.05. The first-order valence-corrected chi connectivity index (χ1v) is 6.37. The van der Waals surface area contributed by atoms with Gasteiger partial charge in [0.05, 0.1) is 6.20 Å². The Morgan fingerprint density at radius 2 is 2.06 bits per heavy atom. The molecule has 1 aromatic rings. The van der Waals surface area contributed by atoms with Crippen LogP contribution in [0.4, 0.5) is 0 Å². The number of rotatable bonds is 5. The molecule has 5 nitrogen and oxygen atoms in total. The molecule has 0 aliphatic rings. The Morgan fingerprint density at radius 1 is 1.44 bits per heavy atom. The van der Waals surface area contributed by atoms with Crippen molar-refractivity contribution < 1.29 is 4.79 Å². The van der Waals surface area contributed by atoms with Gasteiger partial charge in [0.15, 0.2) is 0 Å². The van der Waals surface area contributed by atoms with Crippen LogP contribution >= 0.6 is 0 Å². The maximum absolute atomic E-state index is 12.4. The molecule has 0 spiro atoms. The highest BCUT2D eigenvalue weighted by Crippen LogP contribution is 2.15. The number of aryl methyl sites for hydroxylation is 1. The van der Waals surface area contributed by atoms with E-state index in [0.29, 0.717) is 5.92 Å². The zero-order chi connectivity index (χ0) is 13.9. The molecule has 1 unspecified atom stereocenters. The van der Waals surface area contributed by atoms with Crippen molar-refractivity contribution in [3.63, 3.8) is 0 Å². The molecule has 0 bridgehead atoms. The van der Waals surface area contributed by atoms with E-state index < -0.39 is 6.04 Å². The second kappa shape index (κ2) is 6.00. The smallest absolute Gasteiger partial charge is 0.244 e. The van der Waals surface area contributed by atoms with Crippen LogP contribution in [0, 0.1) is 5.92 Å². The largest absolute Gasteiger partial charge is 0.338 e. The van der Waals surface area contributed by atoms with Crippen molar-refractivity contribution in [3.8, 4) is 0 Å². The van der Waals surface area contributed by atoms with E-state index >= 15 is 0 Å². The summed E-state index contributed by atoms with van der Waals surface area (Å²) in [7, 11) is 1.81. The first-order chi connectivity index (χ1) is 8.32. The third-order valence-corrected chi connectivity index (χ3v) is 2.82. The molecule has 18 heavy (non-hydrogen) atoms. The number of nitrogens with two attached hydrogens (primary N) is 1. The second-order valence-corrected chi connectivity index (χ2v) is 5.40. The second-order valence-electron chi connectivity index (χ2n) is 5.40. The minimum absolute atomic E-state index is 0.0355. The summed E-state index contributed by atoms with van der Waals surface area (Å²) in [6.45, 7) is 8.94. The average molecular weight is 252 g/mol. The highest BCUT2D eigenvalue weighted by atomic mass is 16.2. The molecule has 1 atom stereocenters. The van der Waals surface area contributed by atoms with Gasteiger partial charge in [-0.25, -0.2) is 0 Å². The van der Waals surface area contributed by atoms with E-state index in [9.17, 15) is 4.79 Å². The Balaban J connectivity index is 2.82. The highest BCUT2D eigenvalue weighted by molar-refractivity contribution is 5.83. The van der Waals surface area contributed by atoms with Gasteiger partial charge in [0.25, 0.3) is 0 Å². The summed E-state index contributed by atoms with van der Waals surface area (Å²) >= 11 is 0. The van der Waals surface area contributed by atoms with Crippen molar-refractivity contribution in [2.24, 2.45) is 18.7 Å². The lowest BCUT2D eigenvalue weighted by Gasteiger charge is -2.30. The molecule has 2 N–H and O–H groups in total. The molecule has 1 aromatic heterocycles. The van der Waals surface area contributed by atoms with Crippen molar-refractivity contribution >= 4 is 5.91 Å². The molecular weight excluding hydrogens is 228 g/mol. The number of amides is 1. The molecule has 1 amide bonds. The molecule has 1 rings (SSSR count). The quantitative estimate of drug-likeness (QED) is 0.859. The Hall–Kier alpha value is -1.36. The van der Waals surface area contributed by atoms with Crippen LogP contribution in [-0.2, 0) is 11.8 Å². The normalized spacial score (nSPS) is 13.1. The number of carbonyl (C=O) groups is 1. The molecule has 0 fully saturated rings. The van der Waals surface area contributed by atoms with Gasteiger partial charge in [0.2, 0.25) is 5.91 Å². The van der Waals surface area contributed by atoms with Crippen LogP contribution in [0.5, 0.6) is 0 Å². The minimum atomic E-state index is -0.625. The lowest BCUT2D eigenvalue weighted by atomic mass is 10.1. The van der Waals surface area contributed by atoms with Crippen LogP contribution in [0.25, 0.3) is 0 Å². The summed E-state index contributed by atoms with van der Waals surface area (Å²) in [4.78, 5) is 14.2. The van der Waals surface area contributed by atoms with Crippen LogP contribution < -0.4 is 5.73 Å². The van der Waals surface area contributed by atoms with E-state index in [0.717, 1.165) is 12.1 Å². The average Bonchev–Trinajstić information content (AvgIpc) is 2.70. The molecule has 1 heterocycles. The van der Waals surface area contributed by atoms with Crippen molar-refractivity contribution in [1.29, 1.82) is 0 Å². The lowest BCUT2D eigenvalue weighted by Crippen LogP contribution is -2.44. The predicted octanol–water partition coefficient (Wildman–Crippen LogP) is 1.31. The zero-order valence-electron chi connectivity index (χ0n) is 11.9. The van der Waals surface area contributed by atoms with Crippen LogP contribution in [0.15, 0.2) is 12.4 Å². The number of nitrogens with zero attached hydrogens (tertiary/aromatic N) is 3. The summed E-state index contributed by atoms with van der Waals surface area (Å²) in [6.07, 6.45) is 3.44. The molecule has 102 valence electrons. The summed E-state index contributed by atoms with van der Waals surface area (Å²) in [5.41, 5.74) is 6.78. The van der Waals surface area contributed by atoms with Crippen molar-refractivity contribution in [1.82, 2.24) is 14.7 Å². The molecule has 0 aliphatic heterocycles. The standard InChI is InChI=1S/C13H24N4O/c1-9(2)7-17(10(3)4)13(18)12(14)11-6-15-16(5)8-11/h6,8-10,12H,7,14H2,1-5H3. The van der Waals surface area contributed by atoms with Gasteiger partial charge in [0, 0.05) is 31.4 Å². The van der Waals surface area contributed by atoms with E-state index in [1.165, 1.54) is 0 Å². The maximum atomic E-state index is 12.4. The summed E-state index contributed by atoms with van der Waals surface area (Å²) in [6, 6.07) is -0.470. The van der Waals surface area contributed by atoms with Gasteiger partial charge in [-0.3, -0.25) is 9.48 Å². The fraction of sp³-hybridized carbons (Fsp3) is 0.692. The third kappa shape index (κ3) is 3.57. The first-order valence-electron chi connectivity index (χ1n) is 6.37. The van der Waals surface area contributed by atoms with Crippen LogP contribution in [0.2, 0.25) is 0 Å². The number of aromatic nitrogens is 2. The van der Waals surface area contributed by atoms with Crippen molar-refractivity contribution in [3.05, 3.63) is 18.0 Å². The minimum Gasteiger partial charge on any atom is -0.338 e. The van der Waals surface area contributed by atoms with Crippen molar-refractivity contribution in [2.75, 3.05) is 6.54 Å². The molecular formula is C13H24N4O. The molecule has 0 radical (unpaired) electrons. The Kier molecular flexibility index (Phi) is 4.90. The fourth-order valence-electron chi connectivity index (χ4n) is 1.87. The predicted molar refractivity (Wildman–Crippen MR) is 71.8 cm³/mol. The molecule has 0 aliphatic carbocycles. The van der Waals surface area contributed by atoms with Gasteiger partial charge in [-0.2, -0.15) is 5.10 Å². The van der Waals surface area contributed by atoms with Crippen LogP contribution in [0.3, 0.4) is 0 Å². The topological polar surface area (TPSA) is 64.2 Å². The van der Waals surface area contributed by atoms with Crippen LogP contribution in [0.1, 0.15) is 39.3 Å². The summed E-state index contributed by atoms with van der Waals surface area (Å²) < 4.78 is 1.66. The van der Waals surface area contributed by atoms with Gasteiger partial charge < -0.3 is 10.6 Å². The van der Waals surface area contributed by atoms with Crippen LogP contribution in [-0.4, -0.2) is 33.2 Å². The lowest BCUT2D eigenvalue weighted by molar-refractivity contribution is -0.135. The Morgan fingerprint density at radius 3 is 2.44 bits per heavy atom. The molecule has 0 aromatic carbocycles. The highest BCUT2D eigenvalue weighted by Gasteiger charge is 2.25. The maximum Gasteiger partial charge on any atom is 0.244 e. The SMILES string of the molecule is CC(C)CN(C(=O)C(N)c1cnn(C)c1)C(C)C. The molecule has 0 saturated carbocycles. The van der Waals surface area contributed by atoms with Gasteiger partial charge in [-0.05, 0) is 19.8 Å². The number of carbonyl (C=O) groups excluding carboxylic acids is 1. The zero-order valence-corrected chi connectivity index (χ0v) is 11.9. The fourth-order valence-corrected chi connectivity index (χ4v) is 1.87.